The van der Waals surface area contributed by atoms with E-state index in [1.807, 2.05) is 18.2 Å². The molecule has 1 unspecified atom stereocenters. The van der Waals surface area contributed by atoms with Crippen molar-refractivity contribution < 1.29 is 18.0 Å². The fourth-order valence-corrected chi connectivity index (χ4v) is 4.77. The van der Waals surface area contributed by atoms with Gasteiger partial charge >= 0.3 is 0 Å². The molecule has 1 heterocycles. The van der Waals surface area contributed by atoms with Gasteiger partial charge in [0.05, 0.1) is 5.69 Å². The van der Waals surface area contributed by atoms with Crippen molar-refractivity contribution >= 4 is 36.0 Å². The lowest BCUT2D eigenvalue weighted by atomic mass is 9.99. The molecule has 3 N–H and O–H groups in total. The molecule has 4 rings (SSSR count). The maximum Gasteiger partial charge on any atom is 0.225 e. The molecule has 0 bridgehead atoms. The number of benzene rings is 3. The van der Waals surface area contributed by atoms with Gasteiger partial charge in [-0.25, -0.2) is 18.2 Å². The Bertz CT molecular complexity index is 1650. The highest BCUT2D eigenvalue weighted by Crippen LogP contribution is 2.32. The summed E-state index contributed by atoms with van der Waals surface area (Å²) in [7, 11) is 0. The Labute approximate surface area is 261 Å². The predicted molar refractivity (Wildman–Crippen MR) is 175 cm³/mol. The van der Waals surface area contributed by atoms with E-state index in [0.717, 1.165) is 38.2 Å². The number of nitrogens with one attached hydrogen (secondary N) is 3. The molecule has 0 fully saturated rings. The van der Waals surface area contributed by atoms with Gasteiger partial charge in [-0.2, -0.15) is 4.98 Å². The minimum Gasteiger partial charge on any atom is -0.368 e. The number of amides is 1. The van der Waals surface area contributed by atoms with Gasteiger partial charge in [0.1, 0.15) is 29.3 Å². The number of rotatable bonds is 15. The van der Waals surface area contributed by atoms with Crippen LogP contribution in [0.2, 0.25) is 0 Å². The molecule has 0 aliphatic rings. The minimum absolute atomic E-state index is 0.151. The summed E-state index contributed by atoms with van der Waals surface area (Å²) in [5.74, 6) is 1.30. The molecule has 7 nitrogen and oxygen atoms in total. The molecule has 0 saturated heterocycles. The highest BCUT2D eigenvalue weighted by atomic mass is 19.1. The van der Waals surface area contributed by atoms with Gasteiger partial charge in [0, 0.05) is 28.9 Å². The quantitative estimate of drug-likeness (QED) is 0.0747. The van der Waals surface area contributed by atoms with Gasteiger partial charge in [-0.15, -0.1) is 6.42 Å². The van der Waals surface area contributed by atoms with Crippen LogP contribution < -0.4 is 16.0 Å². The van der Waals surface area contributed by atoms with Crippen LogP contribution in [0.3, 0.4) is 0 Å². The van der Waals surface area contributed by atoms with Gasteiger partial charge in [0.25, 0.3) is 0 Å². The molecule has 0 radical (unpaired) electrons. The van der Waals surface area contributed by atoms with E-state index >= 15 is 0 Å². The van der Waals surface area contributed by atoms with Crippen LogP contribution in [0, 0.1) is 29.8 Å². The summed E-state index contributed by atoms with van der Waals surface area (Å²) in [4.78, 5) is 23.2. The van der Waals surface area contributed by atoms with Crippen LogP contribution in [0.4, 0.5) is 30.6 Å². The molecule has 0 saturated carbocycles. The van der Waals surface area contributed by atoms with E-state index in [9.17, 15) is 18.0 Å². The van der Waals surface area contributed by atoms with Crippen LogP contribution in [0.15, 0.2) is 66.7 Å². The van der Waals surface area contributed by atoms with Crippen molar-refractivity contribution in [3.05, 3.63) is 101 Å². The van der Waals surface area contributed by atoms with Crippen LogP contribution in [-0.4, -0.2) is 47.5 Å². The highest BCUT2D eigenvalue weighted by Gasteiger charge is 2.17. The number of hydrogen-bond acceptors (Lipinski definition) is 6. The Balaban J connectivity index is 1.77. The zero-order chi connectivity index (χ0) is 32.2. The minimum atomic E-state index is -0.740. The molecule has 3 aromatic carbocycles. The summed E-state index contributed by atoms with van der Waals surface area (Å²) < 4.78 is 42.4. The number of aromatic nitrogens is 2. The van der Waals surface area contributed by atoms with E-state index in [1.165, 1.54) is 30.4 Å². The van der Waals surface area contributed by atoms with Gasteiger partial charge in [-0.1, -0.05) is 44.0 Å². The Morgan fingerprint density at radius 2 is 1.62 bits per heavy atom. The molecule has 4 aromatic rings. The second kappa shape index (κ2) is 16.1. The van der Waals surface area contributed by atoms with E-state index in [-0.39, 0.29) is 23.1 Å². The second-order valence-corrected chi connectivity index (χ2v) is 10.1. The zero-order valence-electron chi connectivity index (χ0n) is 25.2. The van der Waals surface area contributed by atoms with Gasteiger partial charge < -0.3 is 20.9 Å². The molecule has 0 aliphatic carbocycles. The number of hydrogen-bond donors (Lipinski definition) is 3. The fourth-order valence-electron chi connectivity index (χ4n) is 4.77. The molecular formula is C35H35F3N6O. The lowest BCUT2D eigenvalue weighted by Gasteiger charge is -2.19. The van der Waals surface area contributed by atoms with Gasteiger partial charge in [-0.3, -0.25) is 4.79 Å². The van der Waals surface area contributed by atoms with Crippen molar-refractivity contribution in [3.8, 4) is 23.6 Å². The summed E-state index contributed by atoms with van der Waals surface area (Å²) in [6, 6.07) is 16.2. The first-order valence-corrected chi connectivity index (χ1v) is 14.7. The smallest absolute Gasteiger partial charge is 0.225 e. The van der Waals surface area contributed by atoms with Crippen molar-refractivity contribution in [2.45, 2.75) is 26.3 Å². The first kappa shape index (κ1) is 32.8. The van der Waals surface area contributed by atoms with Crippen LogP contribution in [0.1, 0.15) is 43.0 Å². The zero-order valence-corrected chi connectivity index (χ0v) is 25.2. The lowest BCUT2D eigenvalue weighted by molar-refractivity contribution is -0.105. The molecule has 1 aromatic heterocycles. The van der Waals surface area contributed by atoms with Crippen LogP contribution >= 0.6 is 0 Å². The Morgan fingerprint density at radius 3 is 2.29 bits per heavy atom. The van der Waals surface area contributed by atoms with Gasteiger partial charge in [-0.05, 0) is 86.2 Å². The first-order chi connectivity index (χ1) is 21.9. The first-order valence-electron chi connectivity index (χ1n) is 14.7. The van der Waals surface area contributed by atoms with Crippen molar-refractivity contribution in [2.75, 3.05) is 42.1 Å². The third-order valence-electron chi connectivity index (χ3n) is 7.20. The number of carbonyl (C=O) groups is 1. The SMILES string of the molecule is C#CC(Nc1ccc(F)cc1)c1cccc(-c2nc(NCCCN(CC)CC)nc(NC=O)c2/C=C\c2c(F)cccc2F)c1. The number of carbonyl (C=O) groups excluding carboxylic acids is 1. The molecule has 45 heavy (non-hydrogen) atoms. The van der Waals surface area contributed by atoms with Gasteiger partial charge in [0.2, 0.25) is 12.4 Å². The summed E-state index contributed by atoms with van der Waals surface area (Å²) in [5.41, 5.74) is 2.45. The van der Waals surface area contributed by atoms with E-state index in [2.05, 4.69) is 45.6 Å². The Kier molecular flexibility index (Phi) is 11.7. The maximum atomic E-state index is 14.5. The van der Waals surface area contributed by atoms with Gasteiger partial charge in [0.15, 0.2) is 0 Å². The number of terminal acetylenes is 1. The Hall–Kier alpha value is -5.14. The van der Waals surface area contributed by atoms with E-state index in [4.69, 9.17) is 11.4 Å². The molecule has 1 amide bonds. The second-order valence-electron chi connectivity index (χ2n) is 10.1. The molecule has 232 valence electrons. The molecule has 10 heteroatoms. The summed E-state index contributed by atoms with van der Waals surface area (Å²) >= 11 is 0. The van der Waals surface area contributed by atoms with Crippen molar-refractivity contribution in [3.63, 3.8) is 0 Å². The van der Waals surface area contributed by atoms with E-state index in [0.29, 0.717) is 41.0 Å². The lowest BCUT2D eigenvalue weighted by Crippen LogP contribution is -2.25. The summed E-state index contributed by atoms with van der Waals surface area (Å²) in [5, 5.41) is 9.06. The highest BCUT2D eigenvalue weighted by molar-refractivity contribution is 5.88. The van der Waals surface area contributed by atoms with Crippen molar-refractivity contribution in [2.24, 2.45) is 0 Å². The third-order valence-corrected chi connectivity index (χ3v) is 7.20. The standard InChI is InChI=1S/C35H35F3N6O/c1-4-32(41-27-16-14-26(36)15-17-27)24-10-7-11-25(22-24)33-29(19-18-28-30(37)12-8-13-31(28)38)34(40-23-45)43-35(42-33)39-20-9-21-44(5-2)6-3/h1,7-8,10-19,22-23,32,41H,5-6,9,20-21H2,2-3H3,(H2,39,40,42,43,45)/b19-18-. The monoisotopic (exact) mass is 612 g/mol. The molecule has 0 aliphatic heterocycles. The predicted octanol–water partition coefficient (Wildman–Crippen LogP) is 7.23. The molecular weight excluding hydrogens is 577 g/mol. The van der Waals surface area contributed by atoms with Crippen LogP contribution in [0.25, 0.3) is 23.4 Å². The largest absolute Gasteiger partial charge is 0.368 e. The van der Waals surface area contributed by atoms with E-state index < -0.39 is 17.7 Å². The average molecular weight is 613 g/mol. The number of nitrogens with zero attached hydrogens (tertiary/aromatic N) is 3. The molecule has 1 atom stereocenters. The Morgan fingerprint density at radius 1 is 0.933 bits per heavy atom. The van der Waals surface area contributed by atoms with Crippen molar-refractivity contribution in [1.29, 1.82) is 0 Å². The summed E-state index contributed by atoms with van der Waals surface area (Å²) in [6.07, 6.45) is 9.94. The molecule has 0 spiro atoms. The van der Waals surface area contributed by atoms with E-state index in [1.54, 1.807) is 18.2 Å². The fraction of sp³-hybridized carbons (Fsp3) is 0.229. The number of halogens is 3. The third kappa shape index (κ3) is 8.71. The topological polar surface area (TPSA) is 82.2 Å². The summed E-state index contributed by atoms with van der Waals surface area (Å²) in [6.45, 7) is 7.57. The maximum absolute atomic E-state index is 14.5. The van der Waals surface area contributed by atoms with Crippen molar-refractivity contribution in [1.82, 2.24) is 14.9 Å². The van der Waals surface area contributed by atoms with Crippen LogP contribution in [0.5, 0.6) is 0 Å². The normalized spacial score (nSPS) is 11.8. The van der Waals surface area contributed by atoms with Crippen LogP contribution in [-0.2, 0) is 4.79 Å². The average Bonchev–Trinajstić information content (AvgIpc) is 3.05. The number of anilines is 3.